The van der Waals surface area contributed by atoms with Crippen LogP contribution < -0.4 is 0 Å². The SMILES string of the molecule is ClCC1CCN(CCCC2CCCO2)C1. The van der Waals surface area contributed by atoms with E-state index in [-0.39, 0.29) is 0 Å². The smallest absolute Gasteiger partial charge is 0.0576 e. The molecule has 2 aliphatic heterocycles. The van der Waals surface area contributed by atoms with E-state index in [0.717, 1.165) is 18.4 Å². The summed E-state index contributed by atoms with van der Waals surface area (Å²) in [5, 5.41) is 0. The van der Waals surface area contributed by atoms with E-state index in [1.807, 2.05) is 0 Å². The Balaban J connectivity index is 1.54. The van der Waals surface area contributed by atoms with Gasteiger partial charge in [0.15, 0.2) is 0 Å². The summed E-state index contributed by atoms with van der Waals surface area (Å²) in [5.74, 6) is 1.58. The highest BCUT2D eigenvalue weighted by Crippen LogP contribution is 2.20. The molecular weight excluding hydrogens is 210 g/mol. The first-order chi connectivity index (χ1) is 7.38. The van der Waals surface area contributed by atoms with Crippen molar-refractivity contribution >= 4 is 11.6 Å². The highest BCUT2D eigenvalue weighted by atomic mass is 35.5. The summed E-state index contributed by atoms with van der Waals surface area (Å²) in [7, 11) is 0. The quantitative estimate of drug-likeness (QED) is 0.675. The summed E-state index contributed by atoms with van der Waals surface area (Å²) >= 11 is 5.86. The molecule has 0 aromatic rings. The van der Waals surface area contributed by atoms with E-state index in [2.05, 4.69) is 4.90 Å². The largest absolute Gasteiger partial charge is 0.378 e. The molecule has 2 saturated heterocycles. The predicted octanol–water partition coefficient (Wildman–Crippen LogP) is 2.51. The van der Waals surface area contributed by atoms with E-state index < -0.39 is 0 Å². The second kappa shape index (κ2) is 6.07. The molecule has 0 aromatic heterocycles. The van der Waals surface area contributed by atoms with E-state index >= 15 is 0 Å². The molecule has 2 atom stereocenters. The van der Waals surface area contributed by atoms with Crippen LogP contribution in [0.5, 0.6) is 0 Å². The van der Waals surface area contributed by atoms with Crippen molar-refractivity contribution in [2.45, 2.75) is 38.2 Å². The van der Waals surface area contributed by atoms with Crippen LogP contribution in [0.3, 0.4) is 0 Å². The first-order valence-electron chi connectivity index (χ1n) is 6.28. The van der Waals surface area contributed by atoms with Crippen molar-refractivity contribution in [3.63, 3.8) is 0 Å². The monoisotopic (exact) mass is 231 g/mol. The minimum Gasteiger partial charge on any atom is -0.378 e. The maximum Gasteiger partial charge on any atom is 0.0576 e. The second-order valence-corrected chi connectivity index (χ2v) is 5.20. The zero-order chi connectivity index (χ0) is 10.5. The third-order valence-electron chi connectivity index (χ3n) is 3.61. The van der Waals surface area contributed by atoms with E-state index in [4.69, 9.17) is 16.3 Å². The fourth-order valence-electron chi connectivity index (χ4n) is 2.66. The van der Waals surface area contributed by atoms with E-state index in [9.17, 15) is 0 Å². The first-order valence-corrected chi connectivity index (χ1v) is 6.82. The Hall–Kier alpha value is 0.210. The molecule has 2 fully saturated rings. The lowest BCUT2D eigenvalue weighted by Gasteiger charge is -2.16. The standard InChI is InChI=1S/C12H22ClNO/c13-9-11-5-7-14(10-11)6-1-3-12-4-2-8-15-12/h11-12H,1-10H2. The predicted molar refractivity (Wildman–Crippen MR) is 63.5 cm³/mol. The van der Waals surface area contributed by atoms with Gasteiger partial charge in [-0.1, -0.05) is 0 Å². The second-order valence-electron chi connectivity index (χ2n) is 4.89. The topological polar surface area (TPSA) is 12.5 Å². The molecule has 88 valence electrons. The van der Waals surface area contributed by atoms with Crippen molar-refractivity contribution in [3.8, 4) is 0 Å². The number of alkyl halides is 1. The maximum atomic E-state index is 5.86. The third kappa shape index (κ3) is 3.61. The van der Waals surface area contributed by atoms with Gasteiger partial charge in [0, 0.05) is 19.0 Å². The van der Waals surface area contributed by atoms with Crippen LogP contribution in [-0.4, -0.2) is 43.1 Å². The highest BCUT2D eigenvalue weighted by Gasteiger charge is 2.21. The van der Waals surface area contributed by atoms with Crippen molar-refractivity contribution < 1.29 is 4.74 Å². The van der Waals surface area contributed by atoms with Crippen molar-refractivity contribution in [2.24, 2.45) is 5.92 Å². The molecule has 0 bridgehead atoms. The Bertz CT molecular complexity index is 182. The molecule has 0 spiro atoms. The number of ether oxygens (including phenoxy) is 1. The summed E-state index contributed by atoms with van der Waals surface area (Å²) in [6.07, 6.45) is 6.95. The molecule has 2 unspecified atom stereocenters. The van der Waals surface area contributed by atoms with Gasteiger partial charge >= 0.3 is 0 Å². The van der Waals surface area contributed by atoms with Crippen molar-refractivity contribution in [2.75, 3.05) is 32.1 Å². The fourth-order valence-corrected chi connectivity index (χ4v) is 2.91. The fraction of sp³-hybridized carbons (Fsp3) is 1.00. The molecule has 3 heteroatoms. The summed E-state index contributed by atoms with van der Waals surface area (Å²) in [6.45, 7) is 4.70. The lowest BCUT2D eigenvalue weighted by molar-refractivity contribution is 0.0996. The minimum atomic E-state index is 0.566. The molecule has 0 N–H and O–H groups in total. The van der Waals surface area contributed by atoms with Gasteiger partial charge in [0.05, 0.1) is 6.10 Å². The van der Waals surface area contributed by atoms with Gasteiger partial charge in [0.2, 0.25) is 0 Å². The normalized spacial score (nSPS) is 32.6. The van der Waals surface area contributed by atoms with Gasteiger partial charge in [0.25, 0.3) is 0 Å². The van der Waals surface area contributed by atoms with Gasteiger partial charge in [-0.2, -0.15) is 0 Å². The van der Waals surface area contributed by atoms with Gasteiger partial charge in [-0.25, -0.2) is 0 Å². The molecule has 2 heterocycles. The maximum absolute atomic E-state index is 5.86. The van der Waals surface area contributed by atoms with Crippen molar-refractivity contribution in [1.29, 1.82) is 0 Å². The van der Waals surface area contributed by atoms with Crippen LogP contribution in [-0.2, 0) is 4.74 Å². The molecule has 15 heavy (non-hydrogen) atoms. The van der Waals surface area contributed by atoms with Crippen LogP contribution in [0.4, 0.5) is 0 Å². The van der Waals surface area contributed by atoms with Gasteiger partial charge in [-0.05, 0) is 51.1 Å². The number of likely N-dealkylation sites (tertiary alicyclic amines) is 1. The Morgan fingerprint density at radius 1 is 1.33 bits per heavy atom. The lowest BCUT2D eigenvalue weighted by atomic mass is 10.1. The zero-order valence-corrected chi connectivity index (χ0v) is 10.2. The summed E-state index contributed by atoms with van der Waals surface area (Å²) in [5.41, 5.74) is 0. The molecule has 2 nitrogen and oxygen atoms in total. The molecule has 0 aliphatic carbocycles. The molecule has 0 saturated carbocycles. The van der Waals surface area contributed by atoms with E-state index in [1.165, 1.54) is 51.7 Å². The molecule has 0 aromatic carbocycles. The molecule has 0 amide bonds. The van der Waals surface area contributed by atoms with Gasteiger partial charge in [0.1, 0.15) is 0 Å². The summed E-state index contributed by atoms with van der Waals surface area (Å²) < 4.78 is 5.62. The van der Waals surface area contributed by atoms with Crippen molar-refractivity contribution in [1.82, 2.24) is 4.90 Å². The molecule has 0 radical (unpaired) electrons. The van der Waals surface area contributed by atoms with Gasteiger partial charge in [-0.15, -0.1) is 11.6 Å². The molecule has 2 aliphatic rings. The molecular formula is C12H22ClNO. The highest BCUT2D eigenvalue weighted by molar-refractivity contribution is 6.18. The number of halogens is 1. The van der Waals surface area contributed by atoms with Gasteiger partial charge < -0.3 is 9.64 Å². The average Bonchev–Trinajstić information content (AvgIpc) is 2.88. The average molecular weight is 232 g/mol. The summed E-state index contributed by atoms with van der Waals surface area (Å²) in [6, 6.07) is 0. The number of nitrogens with zero attached hydrogens (tertiary/aromatic N) is 1. The van der Waals surface area contributed by atoms with Crippen molar-refractivity contribution in [3.05, 3.63) is 0 Å². The Labute approximate surface area is 97.9 Å². The summed E-state index contributed by atoms with van der Waals surface area (Å²) in [4.78, 5) is 2.56. The van der Waals surface area contributed by atoms with E-state index in [1.54, 1.807) is 0 Å². The first kappa shape index (κ1) is 11.7. The van der Waals surface area contributed by atoms with E-state index in [0.29, 0.717) is 6.10 Å². The molecule has 2 rings (SSSR count). The minimum absolute atomic E-state index is 0.566. The Morgan fingerprint density at radius 3 is 2.93 bits per heavy atom. The third-order valence-corrected chi connectivity index (χ3v) is 4.05. The van der Waals surface area contributed by atoms with Crippen LogP contribution in [0.2, 0.25) is 0 Å². The van der Waals surface area contributed by atoms with Crippen LogP contribution in [0.25, 0.3) is 0 Å². The zero-order valence-electron chi connectivity index (χ0n) is 9.46. The van der Waals surface area contributed by atoms with Crippen LogP contribution >= 0.6 is 11.6 Å². The number of rotatable bonds is 5. The Kier molecular flexibility index (Phi) is 4.73. The van der Waals surface area contributed by atoms with Crippen LogP contribution in [0.15, 0.2) is 0 Å². The lowest BCUT2D eigenvalue weighted by Crippen LogP contribution is -2.23. The van der Waals surface area contributed by atoms with Gasteiger partial charge in [-0.3, -0.25) is 0 Å². The van der Waals surface area contributed by atoms with Crippen LogP contribution in [0, 0.1) is 5.92 Å². The number of hydrogen-bond donors (Lipinski definition) is 0. The number of hydrogen-bond acceptors (Lipinski definition) is 2. The van der Waals surface area contributed by atoms with Crippen LogP contribution in [0.1, 0.15) is 32.1 Å². The Morgan fingerprint density at radius 2 is 2.27 bits per heavy atom.